The molecule has 0 saturated heterocycles. The van der Waals surface area contributed by atoms with Gasteiger partial charge in [-0.1, -0.05) is 32.3 Å². The molecular weight excluding hydrogens is 252 g/mol. The third-order valence-electron chi connectivity index (χ3n) is 4.11. The van der Waals surface area contributed by atoms with Crippen LogP contribution < -0.4 is 0 Å². The van der Waals surface area contributed by atoms with Crippen molar-refractivity contribution >= 4 is 14.6 Å². The monoisotopic (exact) mass is 280 g/mol. The minimum atomic E-state index is -1.16. The van der Waals surface area contributed by atoms with Crippen LogP contribution in [0.1, 0.15) is 58.3 Å². The first kappa shape index (κ1) is 14.8. The lowest BCUT2D eigenvalue weighted by Gasteiger charge is -2.18. The smallest absolute Gasteiger partial charge is 0.476 e. The Balaban J connectivity index is 1.76. The summed E-state index contributed by atoms with van der Waals surface area (Å²) in [5.74, 6) is 1.46. The van der Waals surface area contributed by atoms with Crippen LogP contribution in [0, 0.1) is 11.8 Å². The van der Waals surface area contributed by atoms with Gasteiger partial charge in [-0.3, -0.25) is 0 Å². The Bertz CT molecular complexity index is 313. The van der Waals surface area contributed by atoms with Crippen LogP contribution in [0.25, 0.3) is 0 Å². The molecule has 2 rings (SSSR count). The van der Waals surface area contributed by atoms with Gasteiger partial charge in [-0.15, -0.1) is 0 Å². The summed E-state index contributed by atoms with van der Waals surface area (Å²) in [6, 6.07) is 0. The molecule has 2 fully saturated rings. The second kappa shape index (κ2) is 7.88. The quantitative estimate of drug-likeness (QED) is 0.401. The van der Waals surface area contributed by atoms with Crippen molar-refractivity contribution in [2.75, 3.05) is 13.2 Å². The Labute approximate surface area is 119 Å². The molecule has 0 amide bonds. The van der Waals surface area contributed by atoms with E-state index in [1.807, 2.05) is 0 Å². The third-order valence-corrected chi connectivity index (χ3v) is 5.86. The topological polar surface area (TPSA) is 18.5 Å². The Morgan fingerprint density at radius 2 is 1.79 bits per heavy atom. The maximum absolute atomic E-state index is 6.01. The van der Waals surface area contributed by atoms with E-state index in [9.17, 15) is 0 Å². The molecule has 0 bridgehead atoms. The van der Waals surface area contributed by atoms with Gasteiger partial charge in [0.2, 0.25) is 0 Å². The van der Waals surface area contributed by atoms with E-state index in [4.69, 9.17) is 8.85 Å². The standard InChI is InChI=1S/C16H28O2Si/c1-3-17-19(13-15-10-11-15)18-12-14(2)16-8-6-4-5-7-9-16/h13,15-16H,2-12H2,1H3. The van der Waals surface area contributed by atoms with Gasteiger partial charge in [-0.05, 0) is 55.7 Å². The molecule has 2 aliphatic carbocycles. The predicted molar refractivity (Wildman–Crippen MR) is 82.5 cm³/mol. The van der Waals surface area contributed by atoms with Crippen molar-refractivity contribution in [1.82, 2.24) is 0 Å². The largest absolute Gasteiger partial charge is 0.524 e. The Morgan fingerprint density at radius 1 is 1.11 bits per heavy atom. The second-order valence-corrected chi connectivity index (χ2v) is 7.44. The molecule has 0 aromatic rings. The first-order valence-electron chi connectivity index (χ1n) is 7.94. The summed E-state index contributed by atoms with van der Waals surface area (Å²) in [6.45, 7) is 7.79. The van der Waals surface area contributed by atoms with Gasteiger partial charge in [0.25, 0.3) is 0 Å². The normalized spacial score (nSPS) is 21.8. The van der Waals surface area contributed by atoms with Crippen LogP contribution in [0.3, 0.4) is 0 Å². The maximum Gasteiger partial charge on any atom is 0.476 e. The van der Waals surface area contributed by atoms with Gasteiger partial charge in [0.1, 0.15) is 0 Å². The van der Waals surface area contributed by atoms with E-state index in [0.717, 1.165) is 12.5 Å². The third kappa shape index (κ3) is 5.51. The van der Waals surface area contributed by atoms with Crippen molar-refractivity contribution in [2.24, 2.45) is 11.8 Å². The summed E-state index contributed by atoms with van der Waals surface area (Å²) in [5, 5.41) is 0. The van der Waals surface area contributed by atoms with Gasteiger partial charge < -0.3 is 8.85 Å². The molecule has 0 N–H and O–H groups in total. The van der Waals surface area contributed by atoms with Crippen LogP contribution in [0.2, 0.25) is 0 Å². The predicted octanol–water partition coefficient (Wildman–Crippen LogP) is 3.85. The molecule has 2 nitrogen and oxygen atoms in total. The lowest BCUT2D eigenvalue weighted by Crippen LogP contribution is -2.20. The van der Waals surface area contributed by atoms with Crippen molar-refractivity contribution < 1.29 is 8.85 Å². The molecule has 0 radical (unpaired) electrons. The Hall–Kier alpha value is -0.573. The molecular formula is C16H28O2Si. The first-order valence-corrected chi connectivity index (χ1v) is 9.34. The van der Waals surface area contributed by atoms with Crippen molar-refractivity contribution in [2.45, 2.75) is 58.3 Å². The van der Waals surface area contributed by atoms with Gasteiger partial charge in [-0.25, -0.2) is 0 Å². The Morgan fingerprint density at radius 3 is 2.37 bits per heavy atom. The highest BCUT2D eigenvalue weighted by Crippen LogP contribution is 2.28. The summed E-state index contributed by atoms with van der Waals surface area (Å²) in [5.41, 5.74) is 3.63. The molecule has 0 spiro atoms. The number of hydrogen-bond acceptors (Lipinski definition) is 2. The molecule has 0 atom stereocenters. The lowest BCUT2D eigenvalue weighted by molar-refractivity contribution is 0.233. The van der Waals surface area contributed by atoms with E-state index in [1.54, 1.807) is 0 Å². The van der Waals surface area contributed by atoms with Crippen LogP contribution in [0.15, 0.2) is 12.2 Å². The maximum atomic E-state index is 6.01. The van der Waals surface area contributed by atoms with E-state index in [2.05, 4.69) is 19.2 Å². The van der Waals surface area contributed by atoms with Gasteiger partial charge in [0.05, 0.1) is 13.2 Å². The number of hydrogen-bond donors (Lipinski definition) is 0. The Kier molecular flexibility index (Phi) is 6.15. The molecule has 2 aliphatic rings. The molecule has 0 heterocycles. The lowest BCUT2D eigenvalue weighted by atomic mass is 9.93. The summed E-state index contributed by atoms with van der Waals surface area (Å²) < 4.78 is 11.8. The van der Waals surface area contributed by atoms with Crippen LogP contribution in [-0.4, -0.2) is 27.8 Å². The molecule has 0 aliphatic heterocycles. The molecule has 19 heavy (non-hydrogen) atoms. The molecule has 0 aromatic heterocycles. The van der Waals surface area contributed by atoms with Crippen LogP contribution in [0.5, 0.6) is 0 Å². The fourth-order valence-corrected chi connectivity index (χ4v) is 4.31. The average molecular weight is 280 g/mol. The van der Waals surface area contributed by atoms with Crippen molar-refractivity contribution in [1.29, 1.82) is 0 Å². The van der Waals surface area contributed by atoms with Crippen molar-refractivity contribution in [3.8, 4) is 0 Å². The van der Waals surface area contributed by atoms with Crippen molar-refractivity contribution in [3.63, 3.8) is 0 Å². The van der Waals surface area contributed by atoms with E-state index < -0.39 is 8.90 Å². The highest BCUT2D eigenvalue weighted by Gasteiger charge is 2.22. The summed E-state index contributed by atoms with van der Waals surface area (Å²) in [4.78, 5) is 0. The van der Waals surface area contributed by atoms with E-state index in [0.29, 0.717) is 12.5 Å². The molecule has 0 unspecified atom stereocenters. The zero-order valence-electron chi connectivity index (χ0n) is 12.3. The highest BCUT2D eigenvalue weighted by molar-refractivity contribution is 6.54. The molecule has 2 saturated carbocycles. The molecule has 108 valence electrons. The molecule has 0 aromatic carbocycles. The van der Waals surface area contributed by atoms with E-state index in [1.165, 1.54) is 56.9 Å². The van der Waals surface area contributed by atoms with Gasteiger partial charge in [0.15, 0.2) is 0 Å². The van der Waals surface area contributed by atoms with E-state index >= 15 is 0 Å². The fraction of sp³-hybridized carbons (Fsp3) is 0.812. The minimum Gasteiger partial charge on any atom is -0.524 e. The number of rotatable bonds is 7. The second-order valence-electron chi connectivity index (χ2n) is 5.89. The van der Waals surface area contributed by atoms with Crippen LogP contribution in [-0.2, 0) is 8.85 Å². The highest BCUT2D eigenvalue weighted by atomic mass is 28.3. The summed E-state index contributed by atoms with van der Waals surface area (Å²) in [7, 11) is -1.16. The van der Waals surface area contributed by atoms with Crippen LogP contribution >= 0.6 is 0 Å². The van der Waals surface area contributed by atoms with Crippen molar-refractivity contribution in [3.05, 3.63) is 12.2 Å². The first-order chi connectivity index (χ1) is 9.29. The zero-order chi connectivity index (χ0) is 13.5. The zero-order valence-corrected chi connectivity index (χ0v) is 13.3. The fourth-order valence-electron chi connectivity index (χ4n) is 2.70. The molecule has 3 heteroatoms. The van der Waals surface area contributed by atoms with Gasteiger partial charge in [0, 0.05) is 0 Å². The van der Waals surface area contributed by atoms with Crippen LogP contribution in [0.4, 0.5) is 0 Å². The summed E-state index contributed by atoms with van der Waals surface area (Å²) in [6.07, 6.45) is 10.8. The van der Waals surface area contributed by atoms with E-state index in [-0.39, 0.29) is 0 Å². The van der Waals surface area contributed by atoms with Gasteiger partial charge >= 0.3 is 8.90 Å². The summed E-state index contributed by atoms with van der Waals surface area (Å²) >= 11 is 0. The van der Waals surface area contributed by atoms with Gasteiger partial charge in [-0.2, -0.15) is 0 Å². The SMILES string of the molecule is C=C(CO[Si](=CC1CC1)OCC)C1CCCCCC1. The average Bonchev–Trinajstić information content (AvgIpc) is 3.22. The minimum absolute atomic E-state index is 0.688.